The number of hydrogen-bond acceptors (Lipinski definition) is 3. The molecule has 2 rings (SSSR count). The van der Waals surface area contributed by atoms with E-state index in [2.05, 4.69) is 43.4 Å². The maximum absolute atomic E-state index is 11.6. The fraction of sp³-hybridized carbons (Fsp3) is 0.316. The van der Waals surface area contributed by atoms with Gasteiger partial charge in [-0.2, -0.15) is 0 Å². The molecule has 0 saturated carbocycles. The van der Waals surface area contributed by atoms with Crippen LogP contribution in [0.15, 0.2) is 54.6 Å². The molecule has 2 aromatic rings. The van der Waals surface area contributed by atoms with Crippen LogP contribution in [0.4, 0.5) is 0 Å². The summed E-state index contributed by atoms with van der Waals surface area (Å²) in [7, 11) is 1.40. The molecule has 0 saturated heterocycles. The third-order valence-corrected chi connectivity index (χ3v) is 3.72. The summed E-state index contributed by atoms with van der Waals surface area (Å²) in [6.07, 6.45) is 0.863. The molecule has 0 fully saturated rings. The topological polar surface area (TPSA) is 38.3 Å². The van der Waals surface area contributed by atoms with E-state index in [4.69, 9.17) is 4.74 Å². The molecule has 0 aliphatic rings. The maximum atomic E-state index is 11.6. The average molecular weight is 297 g/mol. The smallest absolute Gasteiger partial charge is 0.337 e. The van der Waals surface area contributed by atoms with Crippen LogP contribution >= 0.6 is 0 Å². The summed E-state index contributed by atoms with van der Waals surface area (Å²) < 4.78 is 4.76. The third-order valence-electron chi connectivity index (χ3n) is 3.72. The van der Waals surface area contributed by atoms with E-state index in [0.29, 0.717) is 17.6 Å². The van der Waals surface area contributed by atoms with Gasteiger partial charge in [0.1, 0.15) is 0 Å². The molecule has 0 aliphatic heterocycles. The molecule has 2 atom stereocenters. The lowest BCUT2D eigenvalue weighted by Crippen LogP contribution is -2.30. The molecule has 3 nitrogen and oxygen atoms in total. The minimum Gasteiger partial charge on any atom is -0.465 e. The minimum absolute atomic E-state index is 0.292. The lowest BCUT2D eigenvalue weighted by Gasteiger charge is -2.20. The van der Waals surface area contributed by atoms with Gasteiger partial charge in [-0.05, 0) is 43.5 Å². The molecular weight excluding hydrogens is 274 g/mol. The van der Waals surface area contributed by atoms with Gasteiger partial charge >= 0.3 is 5.97 Å². The molecule has 0 amide bonds. The van der Waals surface area contributed by atoms with Crippen molar-refractivity contribution in [1.29, 1.82) is 0 Å². The van der Waals surface area contributed by atoms with Crippen molar-refractivity contribution in [2.24, 2.45) is 0 Å². The minimum atomic E-state index is -0.292. The highest BCUT2D eigenvalue weighted by Gasteiger charge is 2.11. The first-order valence-electron chi connectivity index (χ1n) is 7.58. The van der Waals surface area contributed by atoms with Crippen LogP contribution in [0.1, 0.15) is 41.4 Å². The van der Waals surface area contributed by atoms with Crippen molar-refractivity contribution in [2.75, 3.05) is 7.11 Å². The normalized spacial score (nSPS) is 13.4. The van der Waals surface area contributed by atoms with Crippen molar-refractivity contribution in [2.45, 2.75) is 32.4 Å². The second-order valence-electron chi connectivity index (χ2n) is 5.60. The van der Waals surface area contributed by atoms with Crippen LogP contribution < -0.4 is 5.32 Å². The highest BCUT2D eigenvalue weighted by molar-refractivity contribution is 5.89. The van der Waals surface area contributed by atoms with E-state index in [1.807, 2.05) is 24.3 Å². The van der Waals surface area contributed by atoms with Gasteiger partial charge in [0.15, 0.2) is 0 Å². The van der Waals surface area contributed by atoms with Crippen LogP contribution in [-0.2, 0) is 11.2 Å². The molecular formula is C19H23NO2. The first-order chi connectivity index (χ1) is 10.6. The van der Waals surface area contributed by atoms with Gasteiger partial charge in [-0.25, -0.2) is 4.79 Å². The summed E-state index contributed by atoms with van der Waals surface area (Å²) in [5.74, 6) is -0.292. The Morgan fingerprint density at radius 2 is 1.82 bits per heavy atom. The zero-order valence-electron chi connectivity index (χ0n) is 13.4. The average Bonchev–Trinajstić information content (AvgIpc) is 2.55. The second kappa shape index (κ2) is 7.76. The van der Waals surface area contributed by atoms with E-state index in [9.17, 15) is 4.79 Å². The molecule has 0 bridgehead atoms. The van der Waals surface area contributed by atoms with Gasteiger partial charge in [-0.15, -0.1) is 0 Å². The lowest BCUT2D eigenvalue weighted by atomic mass is 10.0. The monoisotopic (exact) mass is 297 g/mol. The van der Waals surface area contributed by atoms with Crippen LogP contribution in [0.3, 0.4) is 0 Å². The summed E-state index contributed by atoms with van der Waals surface area (Å²) >= 11 is 0. The number of benzene rings is 2. The van der Waals surface area contributed by atoms with E-state index in [1.165, 1.54) is 12.7 Å². The molecule has 0 aliphatic carbocycles. The Kier molecular flexibility index (Phi) is 5.73. The number of hydrogen-bond donors (Lipinski definition) is 1. The number of methoxy groups -OCH3 is 1. The second-order valence-corrected chi connectivity index (χ2v) is 5.60. The maximum Gasteiger partial charge on any atom is 0.337 e. The molecule has 0 spiro atoms. The zero-order valence-corrected chi connectivity index (χ0v) is 13.4. The Morgan fingerprint density at radius 1 is 1.09 bits per heavy atom. The number of rotatable bonds is 6. The summed E-state index contributed by atoms with van der Waals surface area (Å²) in [4.78, 5) is 11.6. The molecule has 0 radical (unpaired) electrons. The van der Waals surface area contributed by atoms with Gasteiger partial charge in [0.05, 0.1) is 12.7 Å². The SMILES string of the molecule is COC(=O)c1cccc(C[C@H](C)N[C@@H](C)c2ccccc2)c1. The molecule has 0 heterocycles. The highest BCUT2D eigenvalue weighted by Crippen LogP contribution is 2.14. The van der Waals surface area contributed by atoms with Crippen LogP contribution in [0.5, 0.6) is 0 Å². The summed E-state index contributed by atoms with van der Waals surface area (Å²) in [5, 5.41) is 3.59. The Hall–Kier alpha value is -2.13. The predicted octanol–water partition coefficient (Wildman–Crippen LogP) is 3.76. The zero-order chi connectivity index (χ0) is 15.9. The Balaban J connectivity index is 1.97. The van der Waals surface area contributed by atoms with Crippen molar-refractivity contribution < 1.29 is 9.53 Å². The van der Waals surface area contributed by atoms with Crippen molar-refractivity contribution in [3.8, 4) is 0 Å². The predicted molar refractivity (Wildman–Crippen MR) is 88.9 cm³/mol. The van der Waals surface area contributed by atoms with E-state index in [-0.39, 0.29) is 5.97 Å². The number of ether oxygens (including phenoxy) is 1. The highest BCUT2D eigenvalue weighted by atomic mass is 16.5. The van der Waals surface area contributed by atoms with Crippen LogP contribution in [0.2, 0.25) is 0 Å². The van der Waals surface area contributed by atoms with Crippen molar-refractivity contribution in [3.63, 3.8) is 0 Å². The van der Waals surface area contributed by atoms with Crippen molar-refractivity contribution in [3.05, 3.63) is 71.3 Å². The molecule has 116 valence electrons. The molecule has 22 heavy (non-hydrogen) atoms. The summed E-state index contributed by atoms with van der Waals surface area (Å²) in [6, 6.07) is 18.6. The van der Waals surface area contributed by atoms with Gasteiger partial charge in [-0.1, -0.05) is 42.5 Å². The molecule has 0 unspecified atom stereocenters. The van der Waals surface area contributed by atoms with E-state index in [1.54, 1.807) is 6.07 Å². The quantitative estimate of drug-likeness (QED) is 0.825. The van der Waals surface area contributed by atoms with Gasteiger partial charge in [-0.3, -0.25) is 0 Å². The first-order valence-corrected chi connectivity index (χ1v) is 7.58. The molecule has 0 aromatic heterocycles. The fourth-order valence-electron chi connectivity index (χ4n) is 2.62. The Labute approximate surface area is 132 Å². The van der Waals surface area contributed by atoms with Crippen molar-refractivity contribution in [1.82, 2.24) is 5.32 Å². The van der Waals surface area contributed by atoms with Crippen LogP contribution in [0.25, 0.3) is 0 Å². The summed E-state index contributed by atoms with van der Waals surface area (Å²) in [6.45, 7) is 4.32. The molecule has 2 aromatic carbocycles. The number of carbonyl (C=O) groups is 1. The number of nitrogens with one attached hydrogen (secondary N) is 1. The van der Waals surface area contributed by atoms with Gasteiger partial charge in [0.2, 0.25) is 0 Å². The van der Waals surface area contributed by atoms with Gasteiger partial charge in [0, 0.05) is 12.1 Å². The standard InChI is InChI=1S/C19H23NO2/c1-14(20-15(2)17-9-5-4-6-10-17)12-16-8-7-11-18(13-16)19(21)22-3/h4-11,13-15,20H,12H2,1-3H3/t14-,15-/m0/s1. The first kappa shape index (κ1) is 16.2. The van der Waals surface area contributed by atoms with Crippen LogP contribution in [-0.4, -0.2) is 19.1 Å². The lowest BCUT2D eigenvalue weighted by molar-refractivity contribution is 0.0600. The summed E-state index contributed by atoms with van der Waals surface area (Å²) in [5.41, 5.74) is 3.00. The van der Waals surface area contributed by atoms with E-state index < -0.39 is 0 Å². The Bertz CT molecular complexity index is 610. The Morgan fingerprint density at radius 3 is 2.50 bits per heavy atom. The largest absolute Gasteiger partial charge is 0.465 e. The number of carbonyl (C=O) groups excluding carboxylic acids is 1. The fourth-order valence-corrected chi connectivity index (χ4v) is 2.62. The number of esters is 1. The van der Waals surface area contributed by atoms with Gasteiger partial charge in [0.25, 0.3) is 0 Å². The van der Waals surface area contributed by atoms with E-state index >= 15 is 0 Å². The van der Waals surface area contributed by atoms with Crippen LogP contribution in [0, 0.1) is 0 Å². The van der Waals surface area contributed by atoms with E-state index in [0.717, 1.165) is 12.0 Å². The third kappa shape index (κ3) is 4.43. The molecule has 1 N–H and O–H groups in total. The van der Waals surface area contributed by atoms with Crippen molar-refractivity contribution >= 4 is 5.97 Å². The molecule has 3 heteroatoms. The van der Waals surface area contributed by atoms with Gasteiger partial charge < -0.3 is 10.1 Å².